The quantitative estimate of drug-likeness (QED) is 0.685. The van der Waals surface area contributed by atoms with Gasteiger partial charge in [0, 0.05) is 12.1 Å². The minimum atomic E-state index is -0.242. The fourth-order valence-corrected chi connectivity index (χ4v) is 1.75. The maximum Gasteiger partial charge on any atom is 0.251 e. The molecule has 0 bridgehead atoms. The molecule has 0 atom stereocenters. The minimum absolute atomic E-state index is 0.0114. The van der Waals surface area contributed by atoms with Gasteiger partial charge in [0.05, 0.1) is 6.54 Å². The van der Waals surface area contributed by atoms with Crippen LogP contribution in [-0.4, -0.2) is 31.4 Å². The highest BCUT2D eigenvalue weighted by atomic mass is 16.2. The zero-order valence-corrected chi connectivity index (χ0v) is 12.1. The van der Waals surface area contributed by atoms with Crippen LogP contribution in [0.5, 0.6) is 0 Å². The summed E-state index contributed by atoms with van der Waals surface area (Å²) in [5.41, 5.74) is 7.00. The van der Waals surface area contributed by atoms with Gasteiger partial charge in [0.1, 0.15) is 0 Å². The fraction of sp³-hybridized carbons (Fsp3) is 0.467. The van der Waals surface area contributed by atoms with Crippen molar-refractivity contribution < 1.29 is 9.59 Å². The SMILES string of the molecule is CC(C)CNC(=O)CNC(=O)c1ccccc1CCN. The van der Waals surface area contributed by atoms with Crippen LogP contribution in [0.25, 0.3) is 0 Å². The normalized spacial score (nSPS) is 10.4. The second-order valence-electron chi connectivity index (χ2n) is 5.08. The second-order valence-corrected chi connectivity index (χ2v) is 5.08. The maximum atomic E-state index is 12.1. The van der Waals surface area contributed by atoms with Crippen LogP contribution in [0.2, 0.25) is 0 Å². The van der Waals surface area contributed by atoms with Crippen molar-refractivity contribution in [2.45, 2.75) is 20.3 Å². The third kappa shape index (κ3) is 5.40. The molecule has 0 fully saturated rings. The van der Waals surface area contributed by atoms with Crippen molar-refractivity contribution in [2.75, 3.05) is 19.6 Å². The lowest BCUT2D eigenvalue weighted by atomic mass is 10.0. The van der Waals surface area contributed by atoms with E-state index < -0.39 is 0 Å². The van der Waals surface area contributed by atoms with Crippen molar-refractivity contribution in [3.05, 3.63) is 35.4 Å². The number of hydrogen-bond acceptors (Lipinski definition) is 3. The first kappa shape index (κ1) is 16.2. The molecular formula is C15H23N3O2. The van der Waals surface area contributed by atoms with Crippen LogP contribution in [0.15, 0.2) is 24.3 Å². The molecule has 2 amide bonds. The van der Waals surface area contributed by atoms with Crippen molar-refractivity contribution in [3.8, 4) is 0 Å². The topological polar surface area (TPSA) is 84.2 Å². The third-order valence-corrected chi connectivity index (χ3v) is 2.79. The van der Waals surface area contributed by atoms with Gasteiger partial charge in [-0.3, -0.25) is 9.59 Å². The van der Waals surface area contributed by atoms with Gasteiger partial charge in [-0.15, -0.1) is 0 Å². The van der Waals surface area contributed by atoms with E-state index in [-0.39, 0.29) is 18.4 Å². The number of amides is 2. The molecular weight excluding hydrogens is 254 g/mol. The Hall–Kier alpha value is -1.88. The predicted octanol–water partition coefficient (Wildman–Crippen LogP) is 0.690. The van der Waals surface area contributed by atoms with Crippen LogP contribution >= 0.6 is 0 Å². The Labute approximate surface area is 119 Å². The Kier molecular flexibility index (Phi) is 6.73. The molecule has 0 aliphatic rings. The van der Waals surface area contributed by atoms with Crippen LogP contribution in [-0.2, 0) is 11.2 Å². The summed E-state index contributed by atoms with van der Waals surface area (Å²) in [7, 11) is 0. The lowest BCUT2D eigenvalue weighted by Crippen LogP contribution is -2.38. The Morgan fingerprint density at radius 1 is 1.20 bits per heavy atom. The van der Waals surface area contributed by atoms with Gasteiger partial charge in [-0.2, -0.15) is 0 Å². The lowest BCUT2D eigenvalue weighted by Gasteiger charge is -2.10. The molecule has 0 aliphatic heterocycles. The Morgan fingerprint density at radius 2 is 1.90 bits per heavy atom. The molecule has 0 spiro atoms. The summed E-state index contributed by atoms with van der Waals surface area (Å²) in [6, 6.07) is 7.29. The number of benzene rings is 1. The molecule has 1 aromatic carbocycles. The van der Waals surface area contributed by atoms with Crippen LogP contribution in [0, 0.1) is 5.92 Å². The number of rotatable bonds is 7. The molecule has 5 nitrogen and oxygen atoms in total. The van der Waals surface area contributed by atoms with Crippen LogP contribution < -0.4 is 16.4 Å². The molecule has 1 aromatic rings. The van der Waals surface area contributed by atoms with E-state index in [1.54, 1.807) is 12.1 Å². The number of carbonyl (C=O) groups is 2. The van der Waals surface area contributed by atoms with Crippen LogP contribution in [0.4, 0.5) is 0 Å². The van der Waals surface area contributed by atoms with Crippen molar-refractivity contribution in [2.24, 2.45) is 11.7 Å². The molecule has 0 saturated carbocycles. The molecule has 0 radical (unpaired) electrons. The number of hydrogen-bond donors (Lipinski definition) is 3. The first-order valence-corrected chi connectivity index (χ1v) is 6.87. The highest BCUT2D eigenvalue weighted by Gasteiger charge is 2.11. The molecule has 0 saturated heterocycles. The van der Waals surface area contributed by atoms with E-state index in [0.717, 1.165) is 5.56 Å². The third-order valence-electron chi connectivity index (χ3n) is 2.79. The highest BCUT2D eigenvalue weighted by molar-refractivity contribution is 5.97. The summed E-state index contributed by atoms with van der Waals surface area (Å²) in [5, 5.41) is 5.38. The number of nitrogens with two attached hydrogens (primary N) is 1. The van der Waals surface area contributed by atoms with Crippen molar-refractivity contribution >= 4 is 11.8 Å². The first-order chi connectivity index (χ1) is 9.54. The van der Waals surface area contributed by atoms with Crippen LogP contribution in [0.1, 0.15) is 29.8 Å². The molecule has 0 aromatic heterocycles. The minimum Gasteiger partial charge on any atom is -0.354 e. The van der Waals surface area contributed by atoms with Gasteiger partial charge in [-0.1, -0.05) is 32.0 Å². The maximum absolute atomic E-state index is 12.1. The summed E-state index contributed by atoms with van der Waals surface area (Å²) >= 11 is 0. The predicted molar refractivity (Wildman–Crippen MR) is 79.4 cm³/mol. The van der Waals surface area contributed by atoms with E-state index in [4.69, 9.17) is 5.73 Å². The molecule has 1 rings (SSSR count). The van der Waals surface area contributed by atoms with Gasteiger partial charge in [-0.05, 0) is 30.5 Å². The molecule has 110 valence electrons. The molecule has 4 N–H and O–H groups in total. The molecule has 0 heterocycles. The van der Waals surface area contributed by atoms with Gasteiger partial charge < -0.3 is 16.4 Å². The van der Waals surface area contributed by atoms with E-state index >= 15 is 0 Å². The number of nitrogens with one attached hydrogen (secondary N) is 2. The second kappa shape index (κ2) is 8.32. The summed E-state index contributed by atoms with van der Waals surface area (Å²) < 4.78 is 0. The van der Waals surface area contributed by atoms with E-state index in [0.29, 0.717) is 31.0 Å². The smallest absolute Gasteiger partial charge is 0.251 e. The summed E-state index contributed by atoms with van der Waals surface area (Å²) in [6.45, 7) is 5.12. The zero-order valence-electron chi connectivity index (χ0n) is 12.1. The van der Waals surface area contributed by atoms with Crippen molar-refractivity contribution in [1.29, 1.82) is 0 Å². The lowest BCUT2D eigenvalue weighted by molar-refractivity contribution is -0.120. The fourth-order valence-electron chi connectivity index (χ4n) is 1.75. The standard InChI is InChI=1S/C15H23N3O2/c1-11(2)9-17-14(19)10-18-15(20)13-6-4-3-5-12(13)7-8-16/h3-6,11H,7-10,16H2,1-2H3,(H,17,19)(H,18,20). The first-order valence-electron chi connectivity index (χ1n) is 6.87. The average molecular weight is 277 g/mol. The molecule has 0 unspecified atom stereocenters. The van der Waals surface area contributed by atoms with E-state index in [2.05, 4.69) is 10.6 Å². The zero-order chi connectivity index (χ0) is 15.0. The average Bonchev–Trinajstić information content (AvgIpc) is 2.43. The Morgan fingerprint density at radius 3 is 2.55 bits per heavy atom. The van der Waals surface area contributed by atoms with Gasteiger partial charge in [0.15, 0.2) is 0 Å². The summed E-state index contributed by atoms with van der Waals surface area (Å²) in [4.78, 5) is 23.6. The van der Waals surface area contributed by atoms with Crippen LogP contribution in [0.3, 0.4) is 0 Å². The molecule has 5 heteroatoms. The highest BCUT2D eigenvalue weighted by Crippen LogP contribution is 2.08. The van der Waals surface area contributed by atoms with E-state index in [9.17, 15) is 9.59 Å². The van der Waals surface area contributed by atoms with Gasteiger partial charge in [0.25, 0.3) is 5.91 Å². The van der Waals surface area contributed by atoms with Crippen molar-refractivity contribution in [1.82, 2.24) is 10.6 Å². The summed E-state index contributed by atoms with van der Waals surface area (Å²) in [5.74, 6) is -0.0305. The Balaban J connectivity index is 2.52. The molecule has 20 heavy (non-hydrogen) atoms. The Bertz CT molecular complexity index is 458. The number of carbonyl (C=O) groups excluding carboxylic acids is 2. The van der Waals surface area contributed by atoms with Gasteiger partial charge >= 0.3 is 0 Å². The largest absolute Gasteiger partial charge is 0.354 e. The molecule has 0 aliphatic carbocycles. The van der Waals surface area contributed by atoms with E-state index in [1.165, 1.54) is 0 Å². The summed E-state index contributed by atoms with van der Waals surface area (Å²) in [6.07, 6.45) is 0.642. The van der Waals surface area contributed by atoms with Gasteiger partial charge in [-0.25, -0.2) is 0 Å². The monoisotopic (exact) mass is 277 g/mol. The van der Waals surface area contributed by atoms with Crippen molar-refractivity contribution in [3.63, 3.8) is 0 Å². The van der Waals surface area contributed by atoms with E-state index in [1.807, 2.05) is 26.0 Å². The van der Waals surface area contributed by atoms with Gasteiger partial charge in [0.2, 0.25) is 5.91 Å².